The Morgan fingerprint density at radius 3 is 2.87 bits per heavy atom. The van der Waals surface area contributed by atoms with E-state index in [0.717, 1.165) is 36.4 Å². The van der Waals surface area contributed by atoms with E-state index < -0.39 is 0 Å². The van der Waals surface area contributed by atoms with Crippen LogP contribution in [0.15, 0.2) is 33.7 Å². The molecule has 0 radical (unpaired) electrons. The van der Waals surface area contributed by atoms with Gasteiger partial charge in [0.25, 0.3) is 0 Å². The van der Waals surface area contributed by atoms with Crippen molar-refractivity contribution in [2.75, 3.05) is 33.4 Å². The molecule has 0 amide bonds. The van der Waals surface area contributed by atoms with Crippen molar-refractivity contribution in [1.82, 2.24) is 10.6 Å². The Kier molecular flexibility index (Phi) is 9.41. The molecular formula is C16H25BrIN3O2. The highest BCUT2D eigenvalue weighted by Gasteiger charge is 2.34. The molecule has 1 aliphatic rings. The summed E-state index contributed by atoms with van der Waals surface area (Å²) in [7, 11) is 1.76. The summed E-state index contributed by atoms with van der Waals surface area (Å²) in [5.41, 5.74) is 1.20. The lowest BCUT2D eigenvalue weighted by Crippen LogP contribution is -2.44. The molecule has 1 aliphatic heterocycles. The largest absolute Gasteiger partial charge is 0.396 e. The van der Waals surface area contributed by atoms with E-state index in [-0.39, 0.29) is 36.0 Å². The highest BCUT2D eigenvalue weighted by atomic mass is 127. The average molecular weight is 498 g/mol. The number of hydrogen-bond acceptors (Lipinski definition) is 3. The molecule has 1 heterocycles. The van der Waals surface area contributed by atoms with Gasteiger partial charge in [0.2, 0.25) is 0 Å². The van der Waals surface area contributed by atoms with Crippen LogP contribution >= 0.6 is 39.9 Å². The summed E-state index contributed by atoms with van der Waals surface area (Å²) in [6.07, 6.45) is 1.73. The summed E-state index contributed by atoms with van der Waals surface area (Å²) < 4.78 is 6.57. The molecule has 0 aliphatic carbocycles. The maximum Gasteiger partial charge on any atom is 0.191 e. The minimum atomic E-state index is 0. The Balaban J connectivity index is 0.00000264. The third-order valence-corrected chi connectivity index (χ3v) is 4.52. The number of hydrogen-bond donors (Lipinski definition) is 3. The van der Waals surface area contributed by atoms with Crippen LogP contribution < -0.4 is 10.6 Å². The third-order valence-electron chi connectivity index (χ3n) is 4.03. The Bertz CT molecular complexity index is 508. The van der Waals surface area contributed by atoms with E-state index in [2.05, 4.69) is 43.7 Å². The molecule has 0 saturated carbocycles. The quantitative estimate of drug-likeness (QED) is 0.321. The molecule has 2 rings (SSSR count). The minimum absolute atomic E-state index is 0. The maximum atomic E-state index is 9.26. The molecule has 1 aromatic rings. The molecule has 0 bridgehead atoms. The summed E-state index contributed by atoms with van der Waals surface area (Å²) in [4.78, 5) is 4.26. The second-order valence-electron chi connectivity index (χ2n) is 5.69. The standard InChI is InChI=1S/C16H24BrN3O2.HI/c1-18-15(19-10-13-3-2-4-14(17)9-13)20-11-16(5-7-21)6-8-22-12-16;/h2-4,9,21H,5-8,10-12H2,1H3,(H2,18,19,20);1H. The molecule has 130 valence electrons. The predicted octanol–water partition coefficient (Wildman–Crippen LogP) is 2.52. The fourth-order valence-corrected chi connectivity index (χ4v) is 3.08. The Labute approximate surface area is 163 Å². The molecular weight excluding hydrogens is 473 g/mol. The Morgan fingerprint density at radius 2 is 2.26 bits per heavy atom. The van der Waals surface area contributed by atoms with Crippen LogP contribution in [0.3, 0.4) is 0 Å². The average Bonchev–Trinajstić information content (AvgIpc) is 2.97. The van der Waals surface area contributed by atoms with Gasteiger partial charge in [-0.05, 0) is 30.5 Å². The normalized spacial score (nSPS) is 20.9. The van der Waals surface area contributed by atoms with Gasteiger partial charge in [0, 0.05) is 43.2 Å². The molecule has 7 heteroatoms. The second-order valence-corrected chi connectivity index (χ2v) is 6.60. The number of rotatable bonds is 6. The summed E-state index contributed by atoms with van der Waals surface area (Å²) in [6, 6.07) is 8.18. The summed E-state index contributed by atoms with van der Waals surface area (Å²) in [6.45, 7) is 3.12. The van der Waals surface area contributed by atoms with Crippen molar-refractivity contribution in [2.24, 2.45) is 10.4 Å². The molecule has 5 nitrogen and oxygen atoms in total. The first kappa shape index (κ1) is 20.7. The molecule has 1 aromatic carbocycles. The molecule has 0 spiro atoms. The van der Waals surface area contributed by atoms with Crippen molar-refractivity contribution in [3.8, 4) is 0 Å². The first-order valence-corrected chi connectivity index (χ1v) is 8.34. The van der Waals surface area contributed by atoms with E-state index in [0.29, 0.717) is 13.2 Å². The smallest absolute Gasteiger partial charge is 0.191 e. The number of aliphatic hydroxyl groups excluding tert-OH is 1. The van der Waals surface area contributed by atoms with Crippen molar-refractivity contribution < 1.29 is 9.84 Å². The number of nitrogens with one attached hydrogen (secondary N) is 2. The predicted molar refractivity (Wildman–Crippen MR) is 107 cm³/mol. The van der Waals surface area contributed by atoms with Gasteiger partial charge in [-0.2, -0.15) is 0 Å². The highest BCUT2D eigenvalue weighted by molar-refractivity contribution is 14.0. The first-order valence-electron chi connectivity index (χ1n) is 7.55. The number of ether oxygens (including phenoxy) is 1. The van der Waals surface area contributed by atoms with Crippen LogP contribution in [0.1, 0.15) is 18.4 Å². The number of aliphatic hydroxyl groups is 1. The number of halogens is 2. The highest BCUT2D eigenvalue weighted by Crippen LogP contribution is 2.31. The van der Waals surface area contributed by atoms with Gasteiger partial charge >= 0.3 is 0 Å². The molecule has 3 N–H and O–H groups in total. The minimum Gasteiger partial charge on any atom is -0.396 e. The van der Waals surface area contributed by atoms with Crippen LogP contribution in [0.2, 0.25) is 0 Å². The van der Waals surface area contributed by atoms with Crippen LogP contribution in [-0.4, -0.2) is 44.5 Å². The summed E-state index contributed by atoms with van der Waals surface area (Å²) in [5, 5.41) is 15.9. The van der Waals surface area contributed by atoms with E-state index in [1.165, 1.54) is 5.56 Å². The van der Waals surface area contributed by atoms with Crippen molar-refractivity contribution in [3.63, 3.8) is 0 Å². The fourth-order valence-electron chi connectivity index (χ4n) is 2.64. The monoisotopic (exact) mass is 497 g/mol. The second kappa shape index (κ2) is 10.5. The number of guanidine groups is 1. The van der Waals surface area contributed by atoms with E-state index in [1.807, 2.05) is 12.1 Å². The lowest BCUT2D eigenvalue weighted by Gasteiger charge is -2.27. The zero-order chi connectivity index (χ0) is 15.8. The number of nitrogens with zero attached hydrogens (tertiary/aromatic N) is 1. The zero-order valence-electron chi connectivity index (χ0n) is 13.3. The van der Waals surface area contributed by atoms with Gasteiger partial charge in [-0.15, -0.1) is 24.0 Å². The van der Waals surface area contributed by atoms with Crippen LogP contribution in [0, 0.1) is 5.41 Å². The number of aliphatic imine (C=N–C) groups is 1. The van der Waals surface area contributed by atoms with E-state index in [1.54, 1.807) is 7.05 Å². The van der Waals surface area contributed by atoms with Crippen LogP contribution in [-0.2, 0) is 11.3 Å². The Morgan fingerprint density at radius 1 is 1.43 bits per heavy atom. The van der Waals surface area contributed by atoms with Crippen molar-refractivity contribution in [1.29, 1.82) is 0 Å². The Hall–Kier alpha value is -0.380. The molecule has 23 heavy (non-hydrogen) atoms. The van der Waals surface area contributed by atoms with Gasteiger partial charge in [-0.25, -0.2) is 0 Å². The molecule has 1 atom stereocenters. The van der Waals surface area contributed by atoms with E-state index >= 15 is 0 Å². The lowest BCUT2D eigenvalue weighted by atomic mass is 9.84. The topological polar surface area (TPSA) is 65.9 Å². The van der Waals surface area contributed by atoms with Crippen molar-refractivity contribution in [3.05, 3.63) is 34.3 Å². The summed E-state index contributed by atoms with van der Waals surface area (Å²) >= 11 is 3.47. The molecule has 1 unspecified atom stereocenters. The van der Waals surface area contributed by atoms with Gasteiger partial charge in [0.15, 0.2) is 5.96 Å². The van der Waals surface area contributed by atoms with Gasteiger partial charge < -0.3 is 20.5 Å². The van der Waals surface area contributed by atoms with Crippen molar-refractivity contribution >= 4 is 45.9 Å². The SMILES string of the molecule is CN=C(NCc1cccc(Br)c1)NCC1(CCO)CCOC1.I. The van der Waals surface area contributed by atoms with Gasteiger partial charge in [-0.1, -0.05) is 28.1 Å². The van der Waals surface area contributed by atoms with E-state index in [4.69, 9.17) is 4.74 Å². The zero-order valence-corrected chi connectivity index (χ0v) is 17.3. The molecule has 1 saturated heterocycles. The summed E-state index contributed by atoms with van der Waals surface area (Å²) in [5.74, 6) is 0.768. The fraction of sp³-hybridized carbons (Fsp3) is 0.562. The lowest BCUT2D eigenvalue weighted by molar-refractivity contribution is 0.127. The first-order chi connectivity index (χ1) is 10.7. The van der Waals surface area contributed by atoms with Crippen LogP contribution in [0.4, 0.5) is 0 Å². The maximum absolute atomic E-state index is 9.26. The van der Waals surface area contributed by atoms with Crippen LogP contribution in [0.25, 0.3) is 0 Å². The third kappa shape index (κ3) is 6.56. The van der Waals surface area contributed by atoms with Gasteiger partial charge in [0.1, 0.15) is 0 Å². The molecule has 1 fully saturated rings. The van der Waals surface area contributed by atoms with E-state index in [9.17, 15) is 5.11 Å². The van der Waals surface area contributed by atoms with Gasteiger partial charge in [0.05, 0.1) is 6.61 Å². The van der Waals surface area contributed by atoms with Crippen LogP contribution in [0.5, 0.6) is 0 Å². The van der Waals surface area contributed by atoms with Gasteiger partial charge in [-0.3, -0.25) is 4.99 Å². The van der Waals surface area contributed by atoms with Crippen molar-refractivity contribution in [2.45, 2.75) is 19.4 Å². The molecule has 0 aromatic heterocycles. The number of benzene rings is 1.